The van der Waals surface area contributed by atoms with Crippen molar-refractivity contribution in [2.45, 2.75) is 142 Å². The first-order valence-corrected chi connectivity index (χ1v) is 17.8. The minimum atomic E-state index is -1.94. The highest BCUT2D eigenvalue weighted by Gasteiger charge is 2.54. The van der Waals surface area contributed by atoms with Crippen molar-refractivity contribution in [3.8, 4) is 0 Å². The molecule has 4 fully saturated rings. The lowest BCUT2D eigenvalue weighted by molar-refractivity contribution is -0.296. The van der Waals surface area contributed by atoms with Gasteiger partial charge in [-0.05, 0) is 32.4 Å². The van der Waals surface area contributed by atoms with Crippen LogP contribution in [0.2, 0.25) is 0 Å². The van der Waals surface area contributed by atoms with Crippen LogP contribution in [0.15, 0.2) is 0 Å². The van der Waals surface area contributed by atoms with Gasteiger partial charge in [0.15, 0.2) is 25.0 Å². The fourth-order valence-electron chi connectivity index (χ4n) is 6.85. The van der Waals surface area contributed by atoms with Crippen molar-refractivity contribution >= 4 is 5.91 Å². The highest BCUT2D eigenvalue weighted by atomic mass is 16.8. The van der Waals surface area contributed by atoms with Gasteiger partial charge in [-0.25, -0.2) is 0 Å². The van der Waals surface area contributed by atoms with Gasteiger partial charge >= 0.3 is 0 Å². The lowest BCUT2D eigenvalue weighted by Crippen LogP contribution is -2.67. The van der Waals surface area contributed by atoms with Crippen molar-refractivity contribution in [1.82, 2.24) is 10.6 Å². The molecule has 0 aromatic heterocycles. The van der Waals surface area contributed by atoms with Gasteiger partial charge in [0.2, 0.25) is 0 Å². The Morgan fingerprint density at radius 2 is 1.40 bits per heavy atom. The van der Waals surface area contributed by atoms with Crippen LogP contribution in [0.1, 0.15) is 19.3 Å². The topological polar surface area (TPSA) is 414 Å². The third-order valence-electron chi connectivity index (χ3n) is 10.1. The number of aliphatic hydroxyl groups excluding tert-OH is 8. The molecular formula is C30H60N8O15. The third-order valence-corrected chi connectivity index (χ3v) is 10.1. The summed E-state index contributed by atoms with van der Waals surface area (Å²) in [6.07, 6.45) is -21.7. The molecule has 310 valence electrons. The van der Waals surface area contributed by atoms with Gasteiger partial charge in [-0.1, -0.05) is 0 Å². The lowest BCUT2D eigenvalue weighted by atomic mass is 9.83. The van der Waals surface area contributed by atoms with E-state index in [1.165, 1.54) is 0 Å². The maximum absolute atomic E-state index is 12.8. The molecule has 1 aliphatic carbocycles. The molecule has 0 spiro atoms. The number of nitrogens with one attached hydrogen (secondary N) is 2. The van der Waals surface area contributed by atoms with Crippen LogP contribution in [0.5, 0.6) is 0 Å². The Kier molecular flexibility index (Phi) is 16.9. The molecule has 3 aliphatic heterocycles. The first-order chi connectivity index (χ1) is 25.2. The third kappa shape index (κ3) is 10.5. The Balaban J connectivity index is 1.55. The number of aliphatic hydroxyl groups is 8. The normalized spacial score (nSPS) is 44.8. The summed E-state index contributed by atoms with van der Waals surface area (Å²) in [5.74, 6) is -1.06. The number of ether oxygens (including phenoxy) is 6. The number of amides is 1. The largest absolute Gasteiger partial charge is 0.394 e. The minimum absolute atomic E-state index is 0.0771. The molecule has 23 heteroatoms. The summed E-state index contributed by atoms with van der Waals surface area (Å²) >= 11 is 0. The van der Waals surface area contributed by atoms with Crippen molar-refractivity contribution in [3.63, 3.8) is 0 Å². The zero-order valence-corrected chi connectivity index (χ0v) is 29.3. The zero-order chi connectivity index (χ0) is 39.1. The average molecular weight is 773 g/mol. The molecule has 1 saturated carbocycles. The summed E-state index contributed by atoms with van der Waals surface area (Å²) < 4.78 is 35.7. The summed E-state index contributed by atoms with van der Waals surface area (Å²) in [6.45, 7) is -0.0825. The molecular weight excluding hydrogens is 712 g/mol. The Morgan fingerprint density at radius 1 is 0.755 bits per heavy atom. The number of carbonyl (C=O) groups excluding carboxylic acids is 1. The van der Waals surface area contributed by atoms with E-state index in [0.29, 0.717) is 19.5 Å². The van der Waals surface area contributed by atoms with Gasteiger partial charge in [0, 0.05) is 25.7 Å². The summed E-state index contributed by atoms with van der Waals surface area (Å²) in [5.41, 5.74) is 35.5. The van der Waals surface area contributed by atoms with Crippen LogP contribution in [-0.4, -0.2) is 208 Å². The highest BCUT2D eigenvalue weighted by molar-refractivity contribution is 5.81. The number of hydrogen-bond donors (Lipinski definition) is 16. The van der Waals surface area contributed by atoms with E-state index < -0.39 is 141 Å². The monoisotopic (exact) mass is 772 g/mol. The summed E-state index contributed by atoms with van der Waals surface area (Å²) in [5, 5.41) is 90.2. The molecule has 3 saturated heterocycles. The van der Waals surface area contributed by atoms with E-state index in [9.17, 15) is 45.6 Å². The van der Waals surface area contributed by atoms with Crippen molar-refractivity contribution in [1.29, 1.82) is 0 Å². The Hall–Kier alpha value is -1.37. The fourth-order valence-corrected chi connectivity index (χ4v) is 6.85. The lowest BCUT2D eigenvalue weighted by Gasteiger charge is -2.47. The molecule has 4 rings (SSSR count). The molecule has 20 atom stereocenters. The van der Waals surface area contributed by atoms with Crippen molar-refractivity contribution < 1.29 is 74.1 Å². The highest BCUT2D eigenvalue weighted by Crippen LogP contribution is 2.34. The van der Waals surface area contributed by atoms with E-state index in [2.05, 4.69) is 10.6 Å². The Morgan fingerprint density at radius 3 is 2.04 bits per heavy atom. The quantitative estimate of drug-likeness (QED) is 0.0610. The average Bonchev–Trinajstić information content (AvgIpc) is 3.43. The number of carbonyl (C=O) groups is 1. The number of rotatable bonds is 17. The zero-order valence-electron chi connectivity index (χ0n) is 29.3. The minimum Gasteiger partial charge on any atom is -0.394 e. The summed E-state index contributed by atoms with van der Waals surface area (Å²) in [4.78, 5) is 12.8. The molecule has 0 radical (unpaired) electrons. The van der Waals surface area contributed by atoms with Gasteiger partial charge in [0.05, 0.1) is 36.9 Å². The molecule has 0 aromatic carbocycles. The Labute approximate surface area is 306 Å². The SMILES string of the molecule is NCCCNC[C@H]1O[C@H](O[C@H]2[C@H](O[C@@H]3O[C@H](CO)[C@@H](O[C@H]4O[C@@H](CN)[C@@H](O)[C@H](O)[C@H]4N)[C@H]3O)[C@@H](O)[C@H](NC(=O)[C@@H](O)[C@@H](O)CN)C[C@@H]2N)[C@H](N)C[C@@H]1O. The van der Waals surface area contributed by atoms with Gasteiger partial charge in [-0.15, -0.1) is 0 Å². The number of nitrogens with two attached hydrogens (primary N) is 6. The molecule has 0 unspecified atom stereocenters. The predicted octanol–water partition coefficient (Wildman–Crippen LogP) is -10.0. The maximum atomic E-state index is 12.8. The second-order valence-corrected chi connectivity index (χ2v) is 14.0. The molecule has 0 bridgehead atoms. The van der Waals surface area contributed by atoms with E-state index in [4.69, 9.17) is 62.8 Å². The van der Waals surface area contributed by atoms with E-state index in [1.54, 1.807) is 0 Å². The van der Waals surface area contributed by atoms with E-state index in [1.807, 2.05) is 0 Å². The van der Waals surface area contributed by atoms with Crippen LogP contribution in [0.4, 0.5) is 0 Å². The second kappa shape index (κ2) is 20.2. The number of hydrogen-bond acceptors (Lipinski definition) is 22. The molecule has 4 aliphatic rings. The smallest absolute Gasteiger partial charge is 0.251 e. The van der Waals surface area contributed by atoms with Crippen LogP contribution in [0.3, 0.4) is 0 Å². The first kappa shape index (κ1) is 44.3. The van der Waals surface area contributed by atoms with Crippen LogP contribution >= 0.6 is 0 Å². The van der Waals surface area contributed by atoms with Crippen molar-refractivity contribution in [3.05, 3.63) is 0 Å². The van der Waals surface area contributed by atoms with Gasteiger partial charge in [0.1, 0.15) is 61.0 Å². The van der Waals surface area contributed by atoms with Gasteiger partial charge in [0.25, 0.3) is 5.91 Å². The van der Waals surface area contributed by atoms with Crippen LogP contribution in [-0.2, 0) is 33.2 Å². The maximum Gasteiger partial charge on any atom is 0.251 e. The molecule has 22 N–H and O–H groups in total. The van der Waals surface area contributed by atoms with Crippen LogP contribution in [0, 0.1) is 0 Å². The van der Waals surface area contributed by atoms with Crippen LogP contribution in [0.25, 0.3) is 0 Å². The molecule has 23 nitrogen and oxygen atoms in total. The molecule has 0 aromatic rings. The van der Waals surface area contributed by atoms with Crippen molar-refractivity contribution in [2.24, 2.45) is 34.4 Å². The molecule has 53 heavy (non-hydrogen) atoms. The van der Waals surface area contributed by atoms with Gasteiger partial charge in [-0.2, -0.15) is 0 Å². The van der Waals surface area contributed by atoms with Gasteiger partial charge in [-0.3, -0.25) is 4.79 Å². The second-order valence-electron chi connectivity index (χ2n) is 14.0. The van der Waals surface area contributed by atoms with E-state index in [-0.39, 0.29) is 25.9 Å². The molecule has 1 amide bonds. The van der Waals surface area contributed by atoms with E-state index >= 15 is 0 Å². The van der Waals surface area contributed by atoms with E-state index in [0.717, 1.165) is 0 Å². The molecule has 3 heterocycles. The summed E-state index contributed by atoms with van der Waals surface area (Å²) in [6, 6.07) is -4.41. The Bertz CT molecular complexity index is 1130. The van der Waals surface area contributed by atoms with Gasteiger partial charge < -0.3 is 114 Å². The predicted molar refractivity (Wildman–Crippen MR) is 179 cm³/mol. The van der Waals surface area contributed by atoms with Crippen molar-refractivity contribution in [2.75, 3.05) is 39.3 Å². The standard InChI is InChI=1S/C30H60N8O15/c31-2-1-3-37-8-16-13(40)5-11(35)28(49-16)51-24-10(34)4-12(38-27(47)20(43)14(41)6-32)19(42)26(24)53-30-23(46)25(17(9-39)50-30)52-29-18(36)22(45)21(44)15(7-33)48-29/h10-26,28-30,37,39-46H,1-9,31-36H2,(H,38,47)/t10-,11+,12+,13-,14-,15-,16+,17+,18+,19-,20-,21+,22+,23+,24+,25+,26+,28+,29+,30-/m0/s1. The summed E-state index contributed by atoms with van der Waals surface area (Å²) in [7, 11) is 0. The first-order valence-electron chi connectivity index (χ1n) is 17.8. The van der Waals surface area contributed by atoms with Crippen LogP contribution < -0.4 is 45.0 Å². The fraction of sp³-hybridized carbons (Fsp3) is 0.967.